The largest absolute Gasteiger partial charge is 0.493 e. The zero-order valence-electron chi connectivity index (χ0n) is 23.9. The van der Waals surface area contributed by atoms with Crippen molar-refractivity contribution >= 4 is 39.8 Å². The fourth-order valence-electron chi connectivity index (χ4n) is 4.54. The number of unbranched alkanes of at least 4 members (excludes halogenated alkanes) is 5. The van der Waals surface area contributed by atoms with Crippen LogP contribution >= 0.6 is 12.2 Å². The van der Waals surface area contributed by atoms with Gasteiger partial charge in [-0.15, -0.1) is 0 Å². The number of fused-ring (bicyclic) bond motifs is 1. The smallest absolute Gasteiger partial charge is 0.257 e. The van der Waals surface area contributed by atoms with Crippen LogP contribution in [-0.2, 0) is 6.42 Å². The molecule has 7 nitrogen and oxygen atoms in total. The summed E-state index contributed by atoms with van der Waals surface area (Å²) in [5.41, 5.74) is 3.27. The Bertz CT molecular complexity index is 1460. The third-order valence-corrected chi connectivity index (χ3v) is 7.01. The van der Waals surface area contributed by atoms with Crippen LogP contribution in [0.2, 0.25) is 0 Å². The van der Waals surface area contributed by atoms with Crippen LogP contribution in [0, 0.1) is 0 Å². The molecule has 0 saturated heterocycles. The van der Waals surface area contributed by atoms with Gasteiger partial charge in [-0.25, -0.2) is 0 Å². The summed E-state index contributed by atoms with van der Waals surface area (Å²) in [5.74, 6) is 2.22. The van der Waals surface area contributed by atoms with E-state index in [9.17, 15) is 4.79 Å². The fourth-order valence-corrected chi connectivity index (χ4v) is 4.75. The lowest BCUT2D eigenvalue weighted by atomic mass is 10.0. The van der Waals surface area contributed by atoms with Crippen molar-refractivity contribution in [1.82, 2.24) is 10.3 Å². The number of thiocarbonyl (C=S) groups is 1. The summed E-state index contributed by atoms with van der Waals surface area (Å²) in [4.78, 5) is 17.1. The number of anilines is 1. The first-order chi connectivity index (χ1) is 20.0. The van der Waals surface area contributed by atoms with Crippen molar-refractivity contribution in [3.8, 4) is 23.0 Å². The second kappa shape index (κ2) is 15.0. The van der Waals surface area contributed by atoms with Gasteiger partial charge < -0.3 is 19.5 Å². The number of amides is 1. The van der Waals surface area contributed by atoms with E-state index in [0.717, 1.165) is 23.0 Å². The zero-order valence-corrected chi connectivity index (χ0v) is 24.7. The Morgan fingerprint density at radius 1 is 0.829 bits per heavy atom. The van der Waals surface area contributed by atoms with E-state index in [2.05, 4.69) is 22.5 Å². The Morgan fingerprint density at radius 2 is 1.51 bits per heavy atom. The number of hydrogen-bond donors (Lipinski definition) is 2. The van der Waals surface area contributed by atoms with Gasteiger partial charge in [0.15, 0.2) is 16.6 Å². The van der Waals surface area contributed by atoms with Crippen molar-refractivity contribution in [1.29, 1.82) is 0 Å². The van der Waals surface area contributed by atoms with Gasteiger partial charge in [-0.05, 0) is 79.2 Å². The maximum absolute atomic E-state index is 12.7. The third kappa shape index (κ3) is 8.41. The lowest BCUT2D eigenvalue weighted by Crippen LogP contribution is -2.34. The molecule has 4 rings (SSSR count). The van der Waals surface area contributed by atoms with E-state index in [1.54, 1.807) is 26.5 Å². The first-order valence-corrected chi connectivity index (χ1v) is 14.4. The van der Waals surface area contributed by atoms with Crippen LogP contribution in [-0.4, -0.2) is 30.2 Å². The highest BCUT2D eigenvalue weighted by atomic mass is 32.1. The van der Waals surface area contributed by atoms with Gasteiger partial charge in [0.25, 0.3) is 5.91 Å². The van der Waals surface area contributed by atoms with Crippen LogP contribution in [0.15, 0.2) is 72.9 Å². The van der Waals surface area contributed by atoms with Crippen molar-refractivity contribution in [3.63, 3.8) is 0 Å². The molecular weight excluding hydrogens is 534 g/mol. The monoisotopic (exact) mass is 571 g/mol. The minimum atomic E-state index is -0.245. The van der Waals surface area contributed by atoms with Gasteiger partial charge in [0.2, 0.25) is 0 Å². The summed E-state index contributed by atoms with van der Waals surface area (Å²) in [7, 11) is 3.18. The minimum absolute atomic E-state index is 0.223. The van der Waals surface area contributed by atoms with Gasteiger partial charge in [-0.3, -0.25) is 15.1 Å². The summed E-state index contributed by atoms with van der Waals surface area (Å²) < 4.78 is 16.9. The van der Waals surface area contributed by atoms with Gasteiger partial charge in [-0.1, -0.05) is 51.2 Å². The van der Waals surface area contributed by atoms with E-state index in [0.29, 0.717) is 28.6 Å². The normalized spacial score (nSPS) is 10.7. The predicted octanol–water partition coefficient (Wildman–Crippen LogP) is 8.07. The predicted molar refractivity (Wildman–Crippen MR) is 169 cm³/mol. The Morgan fingerprint density at radius 3 is 2.22 bits per heavy atom. The summed E-state index contributed by atoms with van der Waals surface area (Å²) >= 11 is 5.37. The molecule has 0 aliphatic rings. The van der Waals surface area contributed by atoms with Crippen molar-refractivity contribution in [2.75, 3.05) is 19.5 Å². The number of methoxy groups -OCH3 is 2. The van der Waals surface area contributed by atoms with Crippen molar-refractivity contribution < 1.29 is 19.0 Å². The molecule has 0 fully saturated rings. The molecule has 4 aromatic rings. The van der Waals surface area contributed by atoms with Gasteiger partial charge in [0, 0.05) is 28.9 Å². The number of hydrogen-bond acceptors (Lipinski definition) is 6. The van der Waals surface area contributed by atoms with Crippen LogP contribution in [0.5, 0.6) is 23.0 Å². The second-order valence-electron chi connectivity index (χ2n) is 9.78. The summed E-state index contributed by atoms with van der Waals surface area (Å²) in [5, 5.41) is 6.83. The van der Waals surface area contributed by atoms with Crippen LogP contribution in [0.4, 0.5) is 5.69 Å². The highest BCUT2D eigenvalue weighted by molar-refractivity contribution is 7.80. The molecule has 1 heterocycles. The van der Waals surface area contributed by atoms with Crippen LogP contribution in [0.3, 0.4) is 0 Å². The molecule has 3 aromatic carbocycles. The van der Waals surface area contributed by atoms with Gasteiger partial charge >= 0.3 is 0 Å². The van der Waals surface area contributed by atoms with E-state index in [-0.39, 0.29) is 11.0 Å². The topological polar surface area (TPSA) is 81.7 Å². The molecule has 0 atom stereocenters. The Hall–Kier alpha value is -4.17. The number of benzene rings is 3. The SMILES string of the molecule is CCCCCCCCc1ccc(C(=O)NC(=S)Nc2ccc(Oc3ccnc4cc(OC)c(OC)cc34)cc2)cc1. The van der Waals surface area contributed by atoms with Crippen molar-refractivity contribution in [2.45, 2.75) is 51.9 Å². The first-order valence-electron chi connectivity index (χ1n) is 14.0. The number of ether oxygens (including phenoxy) is 3. The highest BCUT2D eigenvalue weighted by Gasteiger charge is 2.12. The molecule has 0 spiro atoms. The van der Waals surface area contributed by atoms with Crippen LogP contribution in [0.25, 0.3) is 10.9 Å². The first kappa shape index (κ1) is 29.8. The Labute approximate surface area is 247 Å². The average molecular weight is 572 g/mol. The maximum Gasteiger partial charge on any atom is 0.257 e. The molecule has 0 bridgehead atoms. The van der Waals surface area contributed by atoms with E-state index in [1.165, 1.54) is 44.1 Å². The molecule has 41 heavy (non-hydrogen) atoms. The minimum Gasteiger partial charge on any atom is -0.493 e. The van der Waals surface area contributed by atoms with E-state index < -0.39 is 0 Å². The van der Waals surface area contributed by atoms with Crippen molar-refractivity contribution in [2.24, 2.45) is 0 Å². The third-order valence-electron chi connectivity index (χ3n) is 6.81. The Kier molecular flexibility index (Phi) is 10.9. The number of aromatic nitrogens is 1. The van der Waals surface area contributed by atoms with Gasteiger partial charge in [0.1, 0.15) is 11.5 Å². The lowest BCUT2D eigenvalue weighted by molar-refractivity contribution is 0.0977. The molecule has 0 radical (unpaired) electrons. The standard InChI is InChI=1S/C33H37N3O4S/c1-4-5-6-7-8-9-10-23-11-13-24(14-12-23)32(37)36-33(41)35-25-15-17-26(18-16-25)40-29-19-20-34-28-22-31(39-3)30(38-2)21-27(28)29/h11-22H,4-10H2,1-3H3,(H2,35,36,37,41). The summed E-state index contributed by atoms with van der Waals surface area (Å²) in [6, 6.07) is 20.5. The molecule has 8 heteroatoms. The lowest BCUT2D eigenvalue weighted by Gasteiger charge is -2.13. The van der Waals surface area contributed by atoms with Crippen LogP contribution < -0.4 is 24.8 Å². The molecule has 2 N–H and O–H groups in total. The van der Waals surface area contributed by atoms with Crippen molar-refractivity contribution in [3.05, 3.63) is 84.1 Å². The summed E-state index contributed by atoms with van der Waals surface area (Å²) in [6.45, 7) is 2.23. The number of nitrogens with zero attached hydrogens (tertiary/aromatic N) is 1. The summed E-state index contributed by atoms with van der Waals surface area (Å²) in [6.07, 6.45) is 10.3. The van der Waals surface area contributed by atoms with Gasteiger partial charge in [-0.2, -0.15) is 0 Å². The molecule has 1 aromatic heterocycles. The number of rotatable bonds is 13. The number of carbonyl (C=O) groups is 1. The molecule has 0 aliphatic heterocycles. The van der Waals surface area contributed by atoms with Gasteiger partial charge in [0.05, 0.1) is 19.7 Å². The molecule has 0 saturated carbocycles. The molecule has 214 valence electrons. The number of nitrogens with one attached hydrogen (secondary N) is 2. The molecular formula is C33H37N3O4S. The van der Waals surface area contributed by atoms with Crippen LogP contribution in [0.1, 0.15) is 61.4 Å². The second-order valence-corrected chi connectivity index (χ2v) is 10.2. The van der Waals surface area contributed by atoms with E-state index >= 15 is 0 Å². The maximum atomic E-state index is 12.7. The zero-order chi connectivity index (χ0) is 29.0. The average Bonchev–Trinajstić information content (AvgIpc) is 2.99. The fraction of sp³-hybridized carbons (Fsp3) is 0.303. The molecule has 1 amide bonds. The van der Waals surface area contributed by atoms with E-state index in [1.807, 2.05) is 60.7 Å². The van der Waals surface area contributed by atoms with E-state index in [4.69, 9.17) is 26.4 Å². The number of carbonyl (C=O) groups excluding carboxylic acids is 1. The molecule has 0 aliphatic carbocycles. The quantitative estimate of drug-likeness (QED) is 0.124. The number of aryl methyl sites for hydroxylation is 1. The Balaban J connectivity index is 1.29. The highest BCUT2D eigenvalue weighted by Crippen LogP contribution is 2.37. The number of pyridine rings is 1. The molecule has 0 unspecified atom stereocenters.